The quantitative estimate of drug-likeness (QED) is 0.786. The molecule has 1 heterocycles. The Balaban J connectivity index is 2.61. The highest BCUT2D eigenvalue weighted by Gasteiger charge is 2.46. The topological polar surface area (TPSA) is 39.4 Å². The molecule has 7 heteroatoms. The minimum Gasteiger partial charge on any atom is -0.464 e. The highest BCUT2D eigenvalue weighted by molar-refractivity contribution is 6.38. The van der Waals surface area contributed by atoms with E-state index >= 15 is 0 Å². The molecule has 0 N–H and O–H groups in total. The summed E-state index contributed by atoms with van der Waals surface area (Å²) in [6, 6.07) is 3.77. The standard InChI is InChI=1S/C11H6Cl2F2O3/c1-17-10(16)11(14,15)8-3-5-2-6(12)4-7(13)9(5)18-8/h2-4H,1H3. The molecule has 0 bridgehead atoms. The molecular formula is C11H6Cl2F2O3. The lowest BCUT2D eigenvalue weighted by Crippen LogP contribution is -2.26. The third-order valence-electron chi connectivity index (χ3n) is 2.29. The van der Waals surface area contributed by atoms with Crippen LogP contribution in [0.2, 0.25) is 10.0 Å². The first-order chi connectivity index (χ1) is 8.36. The van der Waals surface area contributed by atoms with E-state index in [2.05, 4.69) is 4.74 Å². The Bertz CT molecular complexity index is 622. The fraction of sp³-hybridized carbons (Fsp3) is 0.182. The van der Waals surface area contributed by atoms with Crippen LogP contribution in [0.3, 0.4) is 0 Å². The lowest BCUT2D eigenvalue weighted by atomic mass is 10.2. The smallest absolute Gasteiger partial charge is 0.399 e. The van der Waals surface area contributed by atoms with E-state index in [-0.39, 0.29) is 21.0 Å². The van der Waals surface area contributed by atoms with Gasteiger partial charge in [-0.1, -0.05) is 23.2 Å². The molecule has 1 aromatic heterocycles. The molecule has 0 unspecified atom stereocenters. The van der Waals surface area contributed by atoms with E-state index in [1.165, 1.54) is 12.1 Å². The minimum absolute atomic E-state index is 0.0413. The zero-order chi connectivity index (χ0) is 13.5. The predicted octanol–water partition coefficient (Wildman–Crippen LogP) is 4.00. The van der Waals surface area contributed by atoms with Crippen molar-refractivity contribution in [1.29, 1.82) is 0 Å². The first kappa shape index (κ1) is 13.1. The third-order valence-corrected chi connectivity index (χ3v) is 2.79. The summed E-state index contributed by atoms with van der Waals surface area (Å²) in [6.45, 7) is 0. The predicted molar refractivity (Wildman–Crippen MR) is 62.1 cm³/mol. The van der Waals surface area contributed by atoms with Crippen molar-refractivity contribution in [2.45, 2.75) is 5.92 Å². The molecule has 1 aromatic carbocycles. The SMILES string of the molecule is COC(=O)C(F)(F)c1cc2cc(Cl)cc(Cl)c2o1. The molecule has 0 saturated carbocycles. The number of esters is 1. The lowest BCUT2D eigenvalue weighted by Gasteiger charge is -2.09. The molecule has 0 aliphatic heterocycles. The van der Waals surface area contributed by atoms with Gasteiger partial charge >= 0.3 is 11.9 Å². The largest absolute Gasteiger partial charge is 0.464 e. The van der Waals surface area contributed by atoms with Crippen LogP contribution < -0.4 is 0 Å². The highest BCUT2D eigenvalue weighted by atomic mass is 35.5. The van der Waals surface area contributed by atoms with Crippen LogP contribution in [0.4, 0.5) is 8.78 Å². The normalized spacial score (nSPS) is 11.8. The molecule has 0 aliphatic rings. The molecule has 0 atom stereocenters. The summed E-state index contributed by atoms with van der Waals surface area (Å²) < 4.78 is 36.1. The van der Waals surface area contributed by atoms with Crippen LogP contribution in [0.1, 0.15) is 5.76 Å². The van der Waals surface area contributed by atoms with Gasteiger partial charge in [0, 0.05) is 10.4 Å². The number of methoxy groups -OCH3 is 1. The maximum absolute atomic E-state index is 13.6. The van der Waals surface area contributed by atoms with Gasteiger partial charge < -0.3 is 9.15 Å². The average Bonchev–Trinajstić information content (AvgIpc) is 2.72. The molecule has 2 aromatic rings. The fourth-order valence-corrected chi connectivity index (χ4v) is 2.01. The number of benzene rings is 1. The highest BCUT2D eigenvalue weighted by Crippen LogP contribution is 2.37. The number of carbonyl (C=O) groups is 1. The van der Waals surface area contributed by atoms with Gasteiger partial charge in [0.15, 0.2) is 11.3 Å². The second kappa shape index (κ2) is 4.40. The van der Waals surface area contributed by atoms with E-state index in [0.717, 1.165) is 13.2 Å². The Kier molecular flexibility index (Phi) is 3.21. The number of hydrogen-bond donors (Lipinski definition) is 0. The monoisotopic (exact) mass is 294 g/mol. The Morgan fingerprint density at radius 3 is 2.61 bits per heavy atom. The van der Waals surface area contributed by atoms with Gasteiger partial charge in [0.05, 0.1) is 12.1 Å². The number of furan rings is 1. The molecule has 0 fully saturated rings. The van der Waals surface area contributed by atoms with Crippen molar-refractivity contribution >= 4 is 40.1 Å². The number of rotatable bonds is 2. The van der Waals surface area contributed by atoms with E-state index in [1.807, 2.05) is 0 Å². The average molecular weight is 295 g/mol. The molecule has 96 valence electrons. The van der Waals surface area contributed by atoms with Gasteiger partial charge in [0.2, 0.25) is 0 Å². The van der Waals surface area contributed by atoms with Crippen LogP contribution in [-0.2, 0) is 15.5 Å². The van der Waals surface area contributed by atoms with E-state index in [0.29, 0.717) is 0 Å². The second-order valence-corrected chi connectivity index (χ2v) is 4.33. The molecule has 0 amide bonds. The summed E-state index contributed by atoms with van der Waals surface area (Å²) in [4.78, 5) is 11.0. The van der Waals surface area contributed by atoms with Crippen LogP contribution in [0.15, 0.2) is 22.6 Å². The Morgan fingerprint density at radius 2 is 2.00 bits per heavy atom. The summed E-state index contributed by atoms with van der Waals surface area (Å²) in [5, 5.41) is 0.650. The molecule has 2 rings (SSSR count). The summed E-state index contributed by atoms with van der Waals surface area (Å²) in [5.74, 6) is -6.42. The van der Waals surface area contributed by atoms with Crippen LogP contribution in [0.5, 0.6) is 0 Å². The molecular weight excluding hydrogens is 289 g/mol. The van der Waals surface area contributed by atoms with E-state index < -0.39 is 17.7 Å². The number of halogens is 4. The van der Waals surface area contributed by atoms with Crippen LogP contribution in [-0.4, -0.2) is 13.1 Å². The third kappa shape index (κ3) is 2.04. The Morgan fingerprint density at radius 1 is 1.33 bits per heavy atom. The van der Waals surface area contributed by atoms with Crippen molar-refractivity contribution in [1.82, 2.24) is 0 Å². The van der Waals surface area contributed by atoms with Crippen molar-refractivity contribution in [3.8, 4) is 0 Å². The molecule has 18 heavy (non-hydrogen) atoms. The van der Waals surface area contributed by atoms with E-state index in [1.54, 1.807) is 0 Å². The van der Waals surface area contributed by atoms with Crippen LogP contribution in [0.25, 0.3) is 11.0 Å². The number of ether oxygens (including phenoxy) is 1. The number of hydrogen-bond acceptors (Lipinski definition) is 3. The molecule has 0 saturated heterocycles. The van der Waals surface area contributed by atoms with Crippen molar-refractivity contribution in [2.75, 3.05) is 7.11 Å². The Labute approximate surface area is 110 Å². The van der Waals surface area contributed by atoms with E-state index in [4.69, 9.17) is 27.6 Å². The van der Waals surface area contributed by atoms with Gasteiger partial charge in [-0.3, -0.25) is 0 Å². The zero-order valence-corrected chi connectivity index (χ0v) is 10.5. The summed E-state index contributed by atoms with van der Waals surface area (Å²) in [7, 11) is 0.864. The van der Waals surface area contributed by atoms with Crippen LogP contribution >= 0.6 is 23.2 Å². The van der Waals surface area contributed by atoms with Gasteiger partial charge in [-0.15, -0.1) is 0 Å². The van der Waals surface area contributed by atoms with Gasteiger partial charge in [-0.25, -0.2) is 4.79 Å². The van der Waals surface area contributed by atoms with E-state index in [9.17, 15) is 13.6 Å². The van der Waals surface area contributed by atoms with Crippen molar-refractivity contribution < 1.29 is 22.7 Å². The summed E-state index contributed by atoms with van der Waals surface area (Å²) >= 11 is 11.5. The zero-order valence-electron chi connectivity index (χ0n) is 8.97. The summed E-state index contributed by atoms with van der Waals surface area (Å²) in [5.41, 5.74) is 0.0413. The molecule has 3 nitrogen and oxygen atoms in total. The first-order valence-corrected chi connectivity index (χ1v) is 5.47. The molecule has 0 spiro atoms. The molecule has 0 aliphatic carbocycles. The van der Waals surface area contributed by atoms with Crippen molar-refractivity contribution in [3.63, 3.8) is 0 Å². The maximum atomic E-state index is 13.6. The van der Waals surface area contributed by atoms with Gasteiger partial charge in [0.1, 0.15) is 0 Å². The molecule has 0 radical (unpaired) electrons. The lowest BCUT2D eigenvalue weighted by molar-refractivity contribution is -0.172. The van der Waals surface area contributed by atoms with Crippen LogP contribution in [0, 0.1) is 0 Å². The first-order valence-electron chi connectivity index (χ1n) is 4.71. The van der Waals surface area contributed by atoms with Gasteiger partial charge in [-0.2, -0.15) is 8.78 Å². The van der Waals surface area contributed by atoms with Gasteiger partial charge in [-0.05, 0) is 18.2 Å². The minimum atomic E-state index is -3.87. The Hall–Kier alpha value is -1.33. The van der Waals surface area contributed by atoms with Crippen molar-refractivity contribution in [2.24, 2.45) is 0 Å². The van der Waals surface area contributed by atoms with Gasteiger partial charge in [0.25, 0.3) is 0 Å². The maximum Gasteiger partial charge on any atom is 0.399 e. The van der Waals surface area contributed by atoms with Crippen molar-refractivity contribution in [3.05, 3.63) is 34.0 Å². The number of fused-ring (bicyclic) bond motifs is 1. The fourth-order valence-electron chi connectivity index (χ4n) is 1.46. The number of carbonyl (C=O) groups excluding carboxylic acids is 1. The second-order valence-electron chi connectivity index (χ2n) is 3.48. The number of alkyl halides is 2. The summed E-state index contributed by atoms with van der Waals surface area (Å²) in [6.07, 6.45) is 0.